The number of rotatable bonds is 2. The molecule has 0 saturated heterocycles. The summed E-state index contributed by atoms with van der Waals surface area (Å²) in [5.74, 6) is -1.00. The van der Waals surface area contributed by atoms with Gasteiger partial charge in [-0.05, 0) is 40.2 Å². The number of fused-ring (bicyclic) bond motifs is 3. The number of nitrogens with zero attached hydrogens (tertiary/aromatic N) is 3. The monoisotopic (exact) mass is 435 g/mol. The van der Waals surface area contributed by atoms with Gasteiger partial charge < -0.3 is 4.57 Å². The SMILES string of the molecule is O=Cc1cn2c(n1)CN=C(c1c(F)cccc1F)c1c-2ccc(Br)c1Cl. The molecule has 4 nitrogen and oxygen atoms in total. The van der Waals surface area contributed by atoms with Crippen molar-refractivity contribution >= 4 is 39.5 Å². The van der Waals surface area contributed by atoms with E-state index < -0.39 is 11.6 Å². The Balaban J connectivity index is 2.07. The van der Waals surface area contributed by atoms with Gasteiger partial charge in [0.05, 0.1) is 28.5 Å². The Labute approximate surface area is 160 Å². The zero-order chi connectivity index (χ0) is 18.4. The lowest BCUT2D eigenvalue weighted by molar-refractivity contribution is 0.111. The van der Waals surface area contributed by atoms with Gasteiger partial charge in [-0.3, -0.25) is 9.79 Å². The summed E-state index contributed by atoms with van der Waals surface area (Å²) in [7, 11) is 0. The number of imidazole rings is 1. The number of aliphatic imine (C=N–C) groups is 1. The van der Waals surface area contributed by atoms with E-state index in [9.17, 15) is 13.6 Å². The summed E-state index contributed by atoms with van der Waals surface area (Å²) in [5, 5.41) is 0.262. The largest absolute Gasteiger partial charge is 0.301 e. The molecule has 0 N–H and O–H groups in total. The van der Waals surface area contributed by atoms with Crippen molar-refractivity contribution < 1.29 is 13.6 Å². The molecule has 2 heterocycles. The first-order valence-corrected chi connectivity index (χ1v) is 8.69. The Morgan fingerprint density at radius 3 is 2.58 bits per heavy atom. The molecule has 0 bridgehead atoms. The highest BCUT2D eigenvalue weighted by atomic mass is 79.9. The van der Waals surface area contributed by atoms with Gasteiger partial charge in [-0.25, -0.2) is 13.8 Å². The van der Waals surface area contributed by atoms with Gasteiger partial charge in [0, 0.05) is 16.2 Å². The molecule has 0 amide bonds. The molecule has 3 aromatic rings. The van der Waals surface area contributed by atoms with Crippen LogP contribution in [0.25, 0.3) is 5.69 Å². The van der Waals surface area contributed by atoms with Crippen molar-refractivity contribution in [2.24, 2.45) is 4.99 Å². The fourth-order valence-corrected chi connectivity index (χ4v) is 3.52. The summed E-state index contributed by atoms with van der Waals surface area (Å²) in [5.41, 5.74) is 0.974. The Hall–Kier alpha value is -2.38. The van der Waals surface area contributed by atoms with E-state index in [2.05, 4.69) is 25.9 Å². The lowest BCUT2D eigenvalue weighted by atomic mass is 9.99. The van der Waals surface area contributed by atoms with Gasteiger partial charge in [-0.1, -0.05) is 17.7 Å². The molecule has 0 atom stereocenters. The molecule has 0 unspecified atom stereocenters. The predicted octanol–water partition coefficient (Wildman–Crippen LogP) is 4.73. The van der Waals surface area contributed by atoms with Crippen LogP contribution in [0.1, 0.15) is 27.4 Å². The molecule has 130 valence electrons. The minimum absolute atomic E-state index is 0.0412. The van der Waals surface area contributed by atoms with Crippen molar-refractivity contribution in [1.29, 1.82) is 0 Å². The number of aldehydes is 1. The molecule has 1 aliphatic rings. The third-order valence-electron chi connectivity index (χ3n) is 4.07. The number of halogens is 4. The number of carbonyl (C=O) groups is 1. The van der Waals surface area contributed by atoms with Crippen molar-refractivity contribution in [2.75, 3.05) is 0 Å². The molecular formula is C18H9BrClF2N3O. The van der Waals surface area contributed by atoms with E-state index in [0.29, 0.717) is 27.8 Å². The Kier molecular flexibility index (Phi) is 4.20. The van der Waals surface area contributed by atoms with Crippen LogP contribution in [0.5, 0.6) is 0 Å². The third-order valence-corrected chi connectivity index (χ3v) is 5.35. The van der Waals surface area contributed by atoms with Crippen molar-refractivity contribution in [3.05, 3.63) is 80.3 Å². The van der Waals surface area contributed by atoms with Crippen LogP contribution in [0.2, 0.25) is 5.02 Å². The minimum atomic E-state index is -0.737. The van der Waals surface area contributed by atoms with Crippen LogP contribution < -0.4 is 0 Å². The van der Waals surface area contributed by atoms with E-state index in [1.54, 1.807) is 22.9 Å². The highest BCUT2D eigenvalue weighted by molar-refractivity contribution is 9.10. The molecule has 8 heteroatoms. The van der Waals surface area contributed by atoms with Crippen molar-refractivity contribution in [1.82, 2.24) is 9.55 Å². The van der Waals surface area contributed by atoms with Crippen molar-refractivity contribution in [3.63, 3.8) is 0 Å². The zero-order valence-electron chi connectivity index (χ0n) is 13.0. The molecule has 4 rings (SSSR count). The van der Waals surface area contributed by atoms with E-state index in [4.69, 9.17) is 11.6 Å². The van der Waals surface area contributed by atoms with Crippen LogP contribution in [0.4, 0.5) is 8.78 Å². The van der Waals surface area contributed by atoms with E-state index in [1.807, 2.05) is 0 Å². The molecule has 0 saturated carbocycles. The van der Waals surface area contributed by atoms with Crippen LogP contribution in [0.15, 0.2) is 46.0 Å². The number of carbonyl (C=O) groups excluding carboxylic acids is 1. The first-order chi connectivity index (χ1) is 12.5. The second-order valence-electron chi connectivity index (χ2n) is 5.59. The highest BCUT2D eigenvalue weighted by Crippen LogP contribution is 2.36. The quantitative estimate of drug-likeness (QED) is 0.545. The Bertz CT molecular complexity index is 1070. The summed E-state index contributed by atoms with van der Waals surface area (Å²) in [6, 6.07) is 7.06. The number of benzene rings is 2. The molecule has 0 radical (unpaired) electrons. The summed E-state index contributed by atoms with van der Waals surface area (Å²) < 4.78 is 31.1. The van der Waals surface area contributed by atoms with Gasteiger partial charge in [0.2, 0.25) is 0 Å². The lowest BCUT2D eigenvalue weighted by Gasteiger charge is -2.15. The number of aromatic nitrogens is 2. The average molecular weight is 437 g/mol. The number of hydrogen-bond acceptors (Lipinski definition) is 3. The normalized spacial score (nSPS) is 12.8. The maximum Gasteiger partial charge on any atom is 0.170 e. The molecule has 0 fully saturated rings. The van der Waals surface area contributed by atoms with Gasteiger partial charge in [0.25, 0.3) is 0 Å². The van der Waals surface area contributed by atoms with Crippen LogP contribution in [0.3, 0.4) is 0 Å². The fraction of sp³-hybridized carbons (Fsp3) is 0.0556. The van der Waals surface area contributed by atoms with Crippen LogP contribution >= 0.6 is 27.5 Å². The Morgan fingerprint density at radius 1 is 1.15 bits per heavy atom. The maximum atomic E-state index is 14.4. The summed E-state index contributed by atoms with van der Waals surface area (Å²) >= 11 is 9.80. The smallest absolute Gasteiger partial charge is 0.170 e. The summed E-state index contributed by atoms with van der Waals surface area (Å²) in [4.78, 5) is 19.7. The molecular weight excluding hydrogens is 428 g/mol. The lowest BCUT2D eigenvalue weighted by Crippen LogP contribution is -2.12. The van der Waals surface area contributed by atoms with Gasteiger partial charge in [0.15, 0.2) is 6.29 Å². The average Bonchev–Trinajstić information content (AvgIpc) is 2.97. The molecule has 0 spiro atoms. The topological polar surface area (TPSA) is 47.2 Å². The van der Waals surface area contributed by atoms with Gasteiger partial charge >= 0.3 is 0 Å². The molecule has 26 heavy (non-hydrogen) atoms. The number of hydrogen-bond donors (Lipinski definition) is 0. The van der Waals surface area contributed by atoms with Gasteiger partial charge in [0.1, 0.15) is 23.2 Å². The third kappa shape index (κ3) is 2.59. The van der Waals surface area contributed by atoms with E-state index >= 15 is 0 Å². The fourth-order valence-electron chi connectivity index (χ4n) is 2.94. The Morgan fingerprint density at radius 2 is 1.88 bits per heavy atom. The standard InChI is InChI=1S/C18H9BrClF2N3O/c19-10-4-5-13-16(17(10)20)18(15-11(21)2-1-3-12(15)22)23-6-14-24-9(8-26)7-25(13)14/h1-5,7-8H,6H2. The first-order valence-electron chi connectivity index (χ1n) is 7.52. The maximum absolute atomic E-state index is 14.4. The van der Waals surface area contributed by atoms with E-state index in [1.165, 1.54) is 18.2 Å². The van der Waals surface area contributed by atoms with Crippen LogP contribution in [0, 0.1) is 11.6 Å². The van der Waals surface area contributed by atoms with E-state index in [0.717, 1.165) is 0 Å². The molecule has 1 aliphatic heterocycles. The van der Waals surface area contributed by atoms with Crippen molar-refractivity contribution in [3.8, 4) is 5.69 Å². The van der Waals surface area contributed by atoms with Crippen LogP contribution in [-0.4, -0.2) is 21.5 Å². The minimum Gasteiger partial charge on any atom is -0.301 e. The zero-order valence-corrected chi connectivity index (χ0v) is 15.4. The van der Waals surface area contributed by atoms with E-state index in [-0.39, 0.29) is 28.5 Å². The van der Waals surface area contributed by atoms with Gasteiger partial charge in [-0.15, -0.1) is 0 Å². The second-order valence-corrected chi connectivity index (χ2v) is 6.82. The molecule has 0 aliphatic carbocycles. The second kappa shape index (κ2) is 6.41. The molecule has 1 aromatic heterocycles. The first kappa shape index (κ1) is 17.1. The summed E-state index contributed by atoms with van der Waals surface area (Å²) in [6.45, 7) is 0.0412. The predicted molar refractivity (Wildman–Crippen MR) is 97.4 cm³/mol. The highest BCUT2D eigenvalue weighted by Gasteiger charge is 2.27. The van der Waals surface area contributed by atoms with Crippen LogP contribution in [-0.2, 0) is 6.54 Å². The summed E-state index contributed by atoms with van der Waals surface area (Å²) in [6.07, 6.45) is 2.17. The van der Waals surface area contributed by atoms with Crippen molar-refractivity contribution in [2.45, 2.75) is 6.54 Å². The van der Waals surface area contributed by atoms with Gasteiger partial charge in [-0.2, -0.15) is 0 Å². The molecule has 2 aromatic carbocycles.